The standard InChI is InChI=1S/C49H59N3O4/c1-2-31-51-46(21-13-6-14-32-52(33-30-38-22-26-44(50)27-23-38)49(53)56-37-41-19-11-5-12-20-41)43-24-28-45-42(34-43)25-29-47(54-35-39-15-7-3-8-16-39)48(45)55-36-40-17-9-4-10-18-40/h3-5,7-12,15-20,22-23,25-27,29,43,46,51H,2,6,13-14,21,24,28,30-37,50H2,1H3. The van der Waals surface area contributed by atoms with E-state index in [-0.39, 0.29) is 12.7 Å². The molecule has 1 aliphatic carbocycles. The number of hydrogen-bond donors (Lipinski definition) is 2. The lowest BCUT2D eigenvalue weighted by Gasteiger charge is -2.33. The quantitative estimate of drug-likeness (QED) is 0.0573. The molecule has 7 nitrogen and oxygen atoms in total. The van der Waals surface area contributed by atoms with Crippen LogP contribution in [0.25, 0.3) is 0 Å². The number of ether oxygens (including phenoxy) is 3. The smallest absolute Gasteiger partial charge is 0.410 e. The van der Waals surface area contributed by atoms with Crippen molar-refractivity contribution in [2.75, 3.05) is 25.4 Å². The number of unbranched alkanes of at least 4 members (excludes halogenated alkanes) is 2. The zero-order valence-electron chi connectivity index (χ0n) is 33.0. The van der Waals surface area contributed by atoms with Gasteiger partial charge in [0.1, 0.15) is 19.8 Å². The van der Waals surface area contributed by atoms with Crippen molar-refractivity contribution in [2.45, 2.75) is 90.6 Å². The lowest BCUT2D eigenvalue weighted by Crippen LogP contribution is -2.39. The van der Waals surface area contributed by atoms with Crippen LogP contribution in [-0.2, 0) is 43.8 Å². The van der Waals surface area contributed by atoms with Crippen molar-refractivity contribution in [3.05, 3.63) is 161 Å². The third-order valence-electron chi connectivity index (χ3n) is 10.8. The highest BCUT2D eigenvalue weighted by atomic mass is 16.6. The Bertz CT molecular complexity index is 1890. The summed E-state index contributed by atoms with van der Waals surface area (Å²) < 4.78 is 18.8. The van der Waals surface area contributed by atoms with E-state index in [0.29, 0.717) is 38.3 Å². The van der Waals surface area contributed by atoms with Gasteiger partial charge in [-0.15, -0.1) is 0 Å². The van der Waals surface area contributed by atoms with Crippen molar-refractivity contribution in [1.29, 1.82) is 0 Å². The largest absolute Gasteiger partial charge is 0.485 e. The van der Waals surface area contributed by atoms with Gasteiger partial charge in [0.2, 0.25) is 0 Å². The van der Waals surface area contributed by atoms with Crippen LogP contribution in [-0.4, -0.2) is 36.7 Å². The van der Waals surface area contributed by atoms with E-state index in [1.165, 1.54) is 11.1 Å². The Balaban J connectivity index is 1.06. The molecule has 1 amide bonds. The molecule has 0 saturated heterocycles. The summed E-state index contributed by atoms with van der Waals surface area (Å²) in [6, 6.07) is 43.3. The van der Waals surface area contributed by atoms with Crippen LogP contribution in [0, 0.1) is 5.92 Å². The third-order valence-corrected chi connectivity index (χ3v) is 10.8. The van der Waals surface area contributed by atoms with Crippen LogP contribution >= 0.6 is 0 Å². The molecule has 0 saturated carbocycles. The van der Waals surface area contributed by atoms with E-state index in [1.807, 2.05) is 83.8 Å². The van der Waals surface area contributed by atoms with Gasteiger partial charge in [0.05, 0.1) is 0 Å². The zero-order valence-corrected chi connectivity index (χ0v) is 33.0. The van der Waals surface area contributed by atoms with E-state index < -0.39 is 0 Å². The highest BCUT2D eigenvalue weighted by molar-refractivity contribution is 5.67. The average Bonchev–Trinajstić information content (AvgIpc) is 3.24. The summed E-state index contributed by atoms with van der Waals surface area (Å²) in [7, 11) is 0. The Kier molecular flexibility index (Phi) is 15.7. The number of carbonyl (C=O) groups excluding carboxylic acids is 1. The molecule has 0 bridgehead atoms. The highest BCUT2D eigenvalue weighted by Gasteiger charge is 2.29. The molecule has 3 N–H and O–H groups in total. The second kappa shape index (κ2) is 21.7. The van der Waals surface area contributed by atoms with Gasteiger partial charge in [-0.1, -0.05) is 129 Å². The maximum absolute atomic E-state index is 13.3. The number of nitrogens with one attached hydrogen (secondary N) is 1. The molecule has 7 heteroatoms. The van der Waals surface area contributed by atoms with E-state index in [9.17, 15) is 4.79 Å². The fourth-order valence-electron chi connectivity index (χ4n) is 7.64. The van der Waals surface area contributed by atoms with Gasteiger partial charge in [-0.2, -0.15) is 0 Å². The summed E-state index contributed by atoms with van der Waals surface area (Å²) in [6.07, 6.45) is 8.89. The molecule has 0 fully saturated rings. The Morgan fingerprint density at radius 3 is 2.04 bits per heavy atom. The zero-order chi connectivity index (χ0) is 38.8. The van der Waals surface area contributed by atoms with Crippen molar-refractivity contribution in [2.24, 2.45) is 5.92 Å². The van der Waals surface area contributed by atoms with E-state index in [4.69, 9.17) is 19.9 Å². The molecule has 2 unspecified atom stereocenters. The molecule has 1 aliphatic rings. The van der Waals surface area contributed by atoms with Crippen molar-refractivity contribution in [1.82, 2.24) is 10.2 Å². The molecule has 0 aromatic heterocycles. The van der Waals surface area contributed by atoms with Crippen molar-refractivity contribution < 1.29 is 19.0 Å². The third kappa shape index (κ3) is 12.4. The van der Waals surface area contributed by atoms with Crippen LogP contribution < -0.4 is 20.5 Å². The van der Waals surface area contributed by atoms with Gasteiger partial charge in [0.15, 0.2) is 11.5 Å². The molecule has 0 aliphatic heterocycles. The second-order valence-corrected chi connectivity index (χ2v) is 15.0. The Labute approximate surface area is 334 Å². The molecule has 294 valence electrons. The molecular weight excluding hydrogens is 695 g/mol. The predicted octanol–water partition coefficient (Wildman–Crippen LogP) is 10.3. The number of fused-ring (bicyclic) bond motifs is 1. The van der Waals surface area contributed by atoms with Crippen molar-refractivity contribution in [3.8, 4) is 11.5 Å². The van der Waals surface area contributed by atoms with E-state index in [1.54, 1.807) is 0 Å². The summed E-state index contributed by atoms with van der Waals surface area (Å²) in [6.45, 7) is 5.81. The number of nitrogens with two attached hydrogens (primary N) is 1. The second-order valence-electron chi connectivity index (χ2n) is 15.0. The van der Waals surface area contributed by atoms with Crippen molar-refractivity contribution >= 4 is 11.8 Å². The van der Waals surface area contributed by atoms with Crippen LogP contribution in [0.3, 0.4) is 0 Å². The van der Waals surface area contributed by atoms with Gasteiger partial charge in [-0.05, 0) is 103 Å². The topological polar surface area (TPSA) is 86.1 Å². The van der Waals surface area contributed by atoms with Gasteiger partial charge in [0, 0.05) is 30.4 Å². The number of benzene rings is 5. The number of nitrogens with zero attached hydrogens (tertiary/aromatic N) is 1. The number of hydrogen-bond acceptors (Lipinski definition) is 6. The Morgan fingerprint density at radius 1 is 0.732 bits per heavy atom. The molecular formula is C49H59N3O4. The first-order chi connectivity index (χ1) is 27.6. The summed E-state index contributed by atoms with van der Waals surface area (Å²) >= 11 is 0. The van der Waals surface area contributed by atoms with E-state index in [2.05, 4.69) is 60.8 Å². The van der Waals surface area contributed by atoms with Gasteiger partial charge >= 0.3 is 6.09 Å². The summed E-state index contributed by atoms with van der Waals surface area (Å²) in [5.74, 6) is 2.24. The molecule has 0 radical (unpaired) electrons. The maximum Gasteiger partial charge on any atom is 0.410 e. The first-order valence-electron chi connectivity index (χ1n) is 20.6. The predicted molar refractivity (Wildman–Crippen MR) is 227 cm³/mol. The molecule has 6 rings (SSSR count). The van der Waals surface area contributed by atoms with Gasteiger partial charge < -0.3 is 30.2 Å². The minimum absolute atomic E-state index is 0.256. The SMILES string of the molecule is CCCNC(CCCCCN(CCc1ccc(N)cc1)C(=O)OCc1ccccc1)C1CCc2c(ccc(OCc3ccccc3)c2OCc2ccccc2)C1. The van der Waals surface area contributed by atoms with Gasteiger partial charge in [-0.25, -0.2) is 4.79 Å². The fourth-order valence-corrected chi connectivity index (χ4v) is 7.64. The van der Waals surface area contributed by atoms with Gasteiger partial charge in [-0.3, -0.25) is 0 Å². The Hall–Kier alpha value is -5.27. The average molecular weight is 754 g/mol. The number of anilines is 1. The Morgan fingerprint density at radius 2 is 1.38 bits per heavy atom. The summed E-state index contributed by atoms with van der Waals surface area (Å²) in [5.41, 5.74) is 13.7. The number of carbonyl (C=O) groups is 1. The molecule has 2 atom stereocenters. The lowest BCUT2D eigenvalue weighted by atomic mass is 9.78. The fraction of sp³-hybridized carbons (Fsp3) is 0.367. The normalized spacial score (nSPS) is 14.1. The van der Waals surface area contributed by atoms with Crippen LogP contribution in [0.1, 0.15) is 78.8 Å². The first kappa shape index (κ1) is 40.4. The summed E-state index contributed by atoms with van der Waals surface area (Å²) in [4.78, 5) is 15.2. The highest BCUT2D eigenvalue weighted by Crippen LogP contribution is 2.41. The first-order valence-corrected chi connectivity index (χ1v) is 20.6. The minimum atomic E-state index is -0.256. The molecule has 0 spiro atoms. The molecule has 56 heavy (non-hydrogen) atoms. The summed E-state index contributed by atoms with van der Waals surface area (Å²) in [5, 5.41) is 3.92. The lowest BCUT2D eigenvalue weighted by molar-refractivity contribution is 0.0957. The molecule has 5 aromatic carbocycles. The number of rotatable bonds is 21. The van der Waals surface area contributed by atoms with Crippen LogP contribution in [0.15, 0.2) is 127 Å². The monoisotopic (exact) mass is 753 g/mol. The van der Waals surface area contributed by atoms with E-state index >= 15 is 0 Å². The van der Waals surface area contributed by atoms with E-state index in [0.717, 1.165) is 104 Å². The maximum atomic E-state index is 13.3. The van der Waals surface area contributed by atoms with Gasteiger partial charge in [0.25, 0.3) is 0 Å². The van der Waals surface area contributed by atoms with Crippen LogP contribution in [0.2, 0.25) is 0 Å². The number of nitrogen functional groups attached to an aromatic ring is 1. The van der Waals surface area contributed by atoms with Crippen LogP contribution in [0.5, 0.6) is 11.5 Å². The molecule has 0 heterocycles. The minimum Gasteiger partial charge on any atom is -0.485 e. The molecule has 5 aromatic rings. The number of amides is 1. The van der Waals surface area contributed by atoms with Crippen molar-refractivity contribution in [3.63, 3.8) is 0 Å². The van der Waals surface area contributed by atoms with Crippen LogP contribution in [0.4, 0.5) is 10.5 Å².